The van der Waals surface area contributed by atoms with Gasteiger partial charge in [0, 0.05) is 11.6 Å². The van der Waals surface area contributed by atoms with Gasteiger partial charge in [-0.3, -0.25) is 0 Å². The fourth-order valence-electron chi connectivity index (χ4n) is 1.68. The maximum absolute atomic E-state index is 10.1. The van der Waals surface area contributed by atoms with Crippen LogP contribution in [-0.4, -0.2) is 56.9 Å². The van der Waals surface area contributed by atoms with E-state index in [1.54, 1.807) is 19.4 Å². The van der Waals surface area contributed by atoms with E-state index in [2.05, 4.69) is 9.97 Å². The number of aryl methyl sites for hydroxylation is 1. The number of nitrogens with one attached hydrogen (secondary N) is 1. The summed E-state index contributed by atoms with van der Waals surface area (Å²) in [4.78, 5) is 27.9. The van der Waals surface area contributed by atoms with Crippen molar-refractivity contribution >= 4 is 35.0 Å². The third-order valence-electron chi connectivity index (χ3n) is 2.82. The summed E-state index contributed by atoms with van der Waals surface area (Å²) in [5.74, 6) is -1.06. The second-order valence-corrected chi connectivity index (χ2v) is 6.02. The van der Waals surface area contributed by atoms with Crippen molar-refractivity contribution in [2.75, 3.05) is 12.9 Å². The summed E-state index contributed by atoms with van der Waals surface area (Å²) in [5.41, 5.74) is 2.02. The fraction of sp³-hybridized carbons (Fsp3) is 0.375. The largest absolute Gasteiger partial charge is 0.520 e. The van der Waals surface area contributed by atoms with Crippen LogP contribution in [0, 0.1) is 6.92 Å². The van der Waals surface area contributed by atoms with Crippen LogP contribution in [0.3, 0.4) is 0 Å². The number of aliphatic hydroxyl groups is 1. The van der Waals surface area contributed by atoms with Crippen molar-refractivity contribution in [2.45, 2.75) is 25.3 Å². The Kier molecular flexibility index (Phi) is 9.75. The predicted molar refractivity (Wildman–Crippen MR) is 95.2 cm³/mol. The predicted octanol–water partition coefficient (Wildman–Crippen LogP) is 1.11. The summed E-state index contributed by atoms with van der Waals surface area (Å²) in [5, 5.41) is 19.4. The summed E-state index contributed by atoms with van der Waals surface area (Å²) in [6.07, 6.45) is 4.10. The molecule has 0 spiro atoms. The van der Waals surface area contributed by atoms with Gasteiger partial charge >= 0.3 is 12.0 Å². The van der Waals surface area contributed by atoms with Gasteiger partial charge in [-0.15, -0.1) is 11.8 Å². The molecule has 26 heavy (non-hydrogen) atoms. The van der Waals surface area contributed by atoms with Crippen LogP contribution in [0.15, 0.2) is 24.4 Å². The fourth-order valence-corrected chi connectivity index (χ4v) is 2.04. The van der Waals surface area contributed by atoms with Crippen LogP contribution in [-0.2, 0) is 9.59 Å². The van der Waals surface area contributed by atoms with Crippen LogP contribution in [0.4, 0.5) is 0 Å². The minimum Gasteiger partial charge on any atom is -0.520 e. The summed E-state index contributed by atoms with van der Waals surface area (Å²) in [6, 6.07) is 6.25. The first-order chi connectivity index (χ1) is 11.9. The normalized spacial score (nSPS) is 12.0. The molecule has 1 aromatic heterocycles. The van der Waals surface area contributed by atoms with Crippen LogP contribution in [0.25, 0.3) is 10.9 Å². The molecule has 2 aromatic rings. The Morgan fingerprint density at radius 1 is 1.46 bits per heavy atom. The molecule has 0 aliphatic carbocycles. The maximum Gasteiger partial charge on any atom is 0.334 e. The van der Waals surface area contributed by atoms with Crippen molar-refractivity contribution in [3.8, 4) is 6.01 Å². The zero-order valence-electron chi connectivity index (χ0n) is 14.4. The number of rotatable bonds is 7. The molecule has 1 amide bonds. The third-order valence-corrected chi connectivity index (χ3v) is 3.61. The van der Waals surface area contributed by atoms with Gasteiger partial charge in [0.25, 0.3) is 0 Å². The van der Waals surface area contributed by atoms with Gasteiger partial charge < -0.3 is 25.1 Å². The number of carbonyl (C=O) groups excluding carboxylic acids is 1. The molecule has 8 nitrogen and oxygen atoms in total. The second-order valence-electron chi connectivity index (χ2n) is 5.08. The molecule has 0 fully saturated rings. The molecule has 0 saturated heterocycles. The van der Waals surface area contributed by atoms with E-state index < -0.39 is 17.4 Å². The van der Waals surface area contributed by atoms with Crippen LogP contribution >= 0.6 is 11.8 Å². The van der Waals surface area contributed by atoms with Gasteiger partial charge in [0.2, 0.25) is 0 Å². The number of thioether (sulfide) groups is 1. The van der Waals surface area contributed by atoms with E-state index in [1.807, 2.05) is 30.4 Å². The average Bonchev–Trinajstić information content (AvgIpc) is 2.58. The molecule has 1 heterocycles. The number of carboxylic acids is 1. The topological polar surface area (TPSA) is 122 Å². The first-order valence-electron chi connectivity index (χ1n) is 7.30. The minimum absolute atomic E-state index is 0. The van der Waals surface area contributed by atoms with Crippen LogP contribution in [0.5, 0.6) is 6.01 Å². The monoisotopic (exact) mass is 623 g/mol. The molecule has 10 heteroatoms. The molecule has 1 aromatic carbocycles. The van der Waals surface area contributed by atoms with Gasteiger partial charge in [-0.25, -0.2) is 9.78 Å². The summed E-state index contributed by atoms with van der Waals surface area (Å²) in [6.45, 7) is 3.89. The third kappa shape index (κ3) is 7.45. The number of hydrogen-bond donors (Lipinski definition) is 3. The Hall–Kier alpha value is -3.39. The zero-order chi connectivity index (χ0) is 18.8. The standard InChI is InChI=1S/C12H14N2O2.C4H6NO3S.Fm/c1-8-3-4-11-10(5-8)6-13-12(14-11)16-7-9(2)15;1-9-3(4(7)8)5-2-6;/h3-6,9,15H,7H2,1-2H3;3H,1H3,(H,5,6)(H,7,8);/q;-1;. The maximum atomic E-state index is 10.1. The number of aliphatic hydroxyl groups excluding tert-OH is 1. The molecule has 0 saturated carbocycles. The van der Waals surface area contributed by atoms with Crippen molar-refractivity contribution in [1.29, 1.82) is 0 Å². The number of carboxylic acid groups (broad SMARTS) is 1. The van der Waals surface area contributed by atoms with Gasteiger partial charge in [0.05, 0.1) is 11.6 Å². The number of fused-ring (bicyclic) bond motifs is 1. The molecule has 3 N–H and O–H groups in total. The van der Waals surface area contributed by atoms with E-state index in [-0.39, 0.29) is 6.61 Å². The first kappa shape index (κ1) is 22.6. The van der Waals surface area contributed by atoms with E-state index in [0.717, 1.165) is 22.7 Å². The molecular formula is C16H20FmN3O5S-. The molecule has 0 bridgehead atoms. The second kappa shape index (κ2) is 11.2. The molecule has 2 unspecified atom stereocenters. The average molecular weight is 623 g/mol. The van der Waals surface area contributed by atoms with Crippen molar-refractivity contribution < 1.29 is 24.5 Å². The van der Waals surface area contributed by atoms with E-state index in [9.17, 15) is 9.59 Å². The molecule has 0 aliphatic heterocycles. The Morgan fingerprint density at radius 3 is 2.65 bits per heavy atom. The summed E-state index contributed by atoms with van der Waals surface area (Å²) >= 11 is 1.03. The SMILES string of the molecule is CSC(N[C-]=O)C(=O)O.Cc1ccc2nc(OCC(C)O)ncc2c1.[Fm]. The van der Waals surface area contributed by atoms with Gasteiger partial charge in [-0.05, 0) is 32.2 Å². The number of nitrogens with zero attached hydrogens (tertiary/aromatic N) is 2. The molecule has 148 valence electrons. The van der Waals surface area contributed by atoms with Gasteiger partial charge in [-0.2, -0.15) is 11.4 Å². The van der Waals surface area contributed by atoms with Crippen LogP contribution in [0.1, 0.15) is 12.5 Å². The van der Waals surface area contributed by atoms with Crippen molar-refractivity contribution in [2.24, 2.45) is 0 Å². The number of aliphatic carboxylic acids is 1. The van der Waals surface area contributed by atoms with Gasteiger partial charge in [-0.1, -0.05) is 11.6 Å². The first-order valence-corrected chi connectivity index (χ1v) is 8.58. The molecule has 0 radical (unpaired) electrons. The summed E-state index contributed by atoms with van der Waals surface area (Å²) < 4.78 is 5.23. The van der Waals surface area contributed by atoms with Crippen molar-refractivity contribution in [1.82, 2.24) is 15.3 Å². The van der Waals surface area contributed by atoms with E-state index in [0.29, 0.717) is 6.01 Å². The van der Waals surface area contributed by atoms with Crippen molar-refractivity contribution in [3.05, 3.63) is 30.0 Å². The zero-order valence-corrected chi connectivity index (χ0v) is 17.6. The number of hydrogen-bond acceptors (Lipinski definition) is 7. The number of carbonyl (C=O) groups is 1. The Morgan fingerprint density at radius 2 is 2.15 bits per heavy atom. The number of ether oxygens (including phenoxy) is 1. The van der Waals surface area contributed by atoms with Gasteiger partial charge in [0.15, 0.2) is 0 Å². The number of aromatic nitrogens is 2. The van der Waals surface area contributed by atoms with E-state index >= 15 is 0 Å². The smallest absolute Gasteiger partial charge is 0.334 e. The Bertz CT molecular complexity index is 717. The summed E-state index contributed by atoms with van der Waals surface area (Å²) in [7, 11) is 0. The Labute approximate surface area is 149 Å². The number of amides is 1. The van der Waals surface area contributed by atoms with E-state index in [1.165, 1.54) is 12.0 Å². The van der Waals surface area contributed by atoms with Gasteiger partial charge in [0.1, 0.15) is 12.0 Å². The van der Waals surface area contributed by atoms with E-state index in [4.69, 9.17) is 14.9 Å². The minimum atomic E-state index is -1.06. The van der Waals surface area contributed by atoms with Crippen LogP contribution in [0.2, 0.25) is 0 Å². The quantitative estimate of drug-likeness (QED) is 0.239. The van der Waals surface area contributed by atoms with Crippen LogP contribution < -0.4 is 10.1 Å². The molecule has 2 rings (SSSR count). The Balaban J connectivity index is 0.000000543. The van der Waals surface area contributed by atoms with Crippen molar-refractivity contribution in [3.63, 3.8) is 0 Å². The molecule has 0 aliphatic rings. The number of benzene rings is 1. The molecular weight excluding hydrogens is 603 g/mol. The molecule has 2 atom stereocenters.